The molecule has 0 amide bonds. The second-order valence-corrected chi connectivity index (χ2v) is 15.3. The Hall–Kier alpha value is -7.88. The normalized spacial score (nSPS) is 11.7. The summed E-state index contributed by atoms with van der Waals surface area (Å²) in [4.78, 5) is 2.35. The van der Waals surface area contributed by atoms with Gasteiger partial charge in [0.15, 0.2) is 0 Å². The number of hydrogen-bond donors (Lipinski definition) is 0. The van der Waals surface area contributed by atoms with Gasteiger partial charge in [0.1, 0.15) is 22.3 Å². The lowest BCUT2D eigenvalue weighted by Gasteiger charge is -2.26. The van der Waals surface area contributed by atoms with E-state index in [1.807, 2.05) is 12.1 Å². The van der Waals surface area contributed by atoms with Gasteiger partial charge in [0.05, 0.1) is 0 Å². The van der Waals surface area contributed by atoms with Gasteiger partial charge < -0.3 is 13.7 Å². The third kappa shape index (κ3) is 5.59. The molecular formula is C56H35NO2. The molecular weight excluding hydrogens is 719 g/mol. The highest BCUT2D eigenvalue weighted by atomic mass is 16.3. The number of nitrogens with zero attached hydrogens (tertiary/aromatic N) is 1. The Balaban J connectivity index is 0.975. The van der Waals surface area contributed by atoms with Gasteiger partial charge in [-0.1, -0.05) is 140 Å². The lowest BCUT2D eigenvalue weighted by molar-refractivity contribution is 0.669. The first-order chi connectivity index (χ1) is 29.2. The second-order valence-electron chi connectivity index (χ2n) is 15.3. The van der Waals surface area contributed by atoms with Crippen molar-refractivity contribution < 1.29 is 8.83 Å². The van der Waals surface area contributed by atoms with Gasteiger partial charge in [0.2, 0.25) is 0 Å². The van der Waals surface area contributed by atoms with Crippen molar-refractivity contribution in [2.75, 3.05) is 4.90 Å². The second kappa shape index (κ2) is 13.4. The number of rotatable bonds is 6. The van der Waals surface area contributed by atoms with Crippen LogP contribution in [0.25, 0.3) is 98.8 Å². The summed E-state index contributed by atoms with van der Waals surface area (Å²) in [6.45, 7) is 0. The predicted octanol–water partition coefficient (Wildman–Crippen LogP) is 16.3. The van der Waals surface area contributed by atoms with Gasteiger partial charge in [-0.2, -0.15) is 0 Å². The molecule has 0 aliphatic heterocycles. The molecule has 10 aromatic carbocycles. The molecule has 2 aromatic heterocycles. The van der Waals surface area contributed by atoms with Crippen LogP contribution in [0.1, 0.15) is 0 Å². The Bertz CT molecular complexity index is 3550. The van der Waals surface area contributed by atoms with E-state index in [0.717, 1.165) is 88.6 Å². The van der Waals surface area contributed by atoms with Gasteiger partial charge in [0, 0.05) is 44.0 Å². The summed E-state index contributed by atoms with van der Waals surface area (Å²) >= 11 is 0. The fraction of sp³-hybridized carbons (Fsp3) is 0. The van der Waals surface area contributed by atoms with Crippen LogP contribution in [0.2, 0.25) is 0 Å². The molecule has 0 aliphatic carbocycles. The highest BCUT2D eigenvalue weighted by Gasteiger charge is 2.18. The fourth-order valence-electron chi connectivity index (χ4n) is 8.93. The number of para-hydroxylation sites is 1. The fourth-order valence-corrected chi connectivity index (χ4v) is 8.93. The van der Waals surface area contributed by atoms with Gasteiger partial charge in [-0.3, -0.25) is 0 Å². The SMILES string of the molecule is c1cc(-c2cccc3oc4c5ccccc5ccc4c23)cc(N(c2ccc(-c3ccc4ccccc4c3)cc2)c2ccc(-c3ccc4oc5ccccc5c4c3)cc2)c1. The molecule has 0 saturated heterocycles. The Kier molecular flexibility index (Phi) is 7.54. The van der Waals surface area contributed by atoms with Crippen LogP contribution >= 0.6 is 0 Å². The Labute approximate surface area is 340 Å². The predicted molar refractivity (Wildman–Crippen MR) is 247 cm³/mol. The Morgan fingerprint density at radius 2 is 0.898 bits per heavy atom. The molecule has 0 aliphatic rings. The maximum absolute atomic E-state index is 6.59. The third-order valence-electron chi connectivity index (χ3n) is 11.8. The molecule has 276 valence electrons. The topological polar surface area (TPSA) is 29.5 Å². The molecule has 3 nitrogen and oxygen atoms in total. The van der Waals surface area contributed by atoms with Crippen LogP contribution in [0, 0.1) is 0 Å². The van der Waals surface area contributed by atoms with E-state index in [0.29, 0.717) is 0 Å². The van der Waals surface area contributed by atoms with Crippen LogP contribution in [0.5, 0.6) is 0 Å². The summed E-state index contributed by atoms with van der Waals surface area (Å²) in [5.74, 6) is 0. The summed E-state index contributed by atoms with van der Waals surface area (Å²) in [6, 6.07) is 75.9. The van der Waals surface area contributed by atoms with Crippen molar-refractivity contribution in [1.29, 1.82) is 0 Å². The zero-order valence-electron chi connectivity index (χ0n) is 32.0. The average molecular weight is 754 g/mol. The van der Waals surface area contributed by atoms with E-state index in [1.165, 1.54) is 27.3 Å². The largest absolute Gasteiger partial charge is 0.456 e. The number of anilines is 3. The maximum Gasteiger partial charge on any atom is 0.143 e. The van der Waals surface area contributed by atoms with Crippen LogP contribution in [0.4, 0.5) is 17.1 Å². The molecule has 0 bridgehead atoms. The van der Waals surface area contributed by atoms with Crippen molar-refractivity contribution in [2.24, 2.45) is 0 Å². The average Bonchev–Trinajstić information content (AvgIpc) is 3.88. The van der Waals surface area contributed by atoms with E-state index >= 15 is 0 Å². The minimum Gasteiger partial charge on any atom is -0.456 e. The molecule has 0 saturated carbocycles. The Morgan fingerprint density at radius 3 is 1.71 bits per heavy atom. The van der Waals surface area contributed by atoms with Gasteiger partial charge in [-0.05, 0) is 122 Å². The van der Waals surface area contributed by atoms with E-state index in [4.69, 9.17) is 8.83 Å². The number of hydrogen-bond acceptors (Lipinski definition) is 3. The van der Waals surface area contributed by atoms with Crippen LogP contribution in [-0.4, -0.2) is 0 Å². The molecule has 0 atom stereocenters. The highest BCUT2D eigenvalue weighted by Crippen LogP contribution is 2.43. The molecule has 59 heavy (non-hydrogen) atoms. The van der Waals surface area contributed by atoms with E-state index in [1.54, 1.807) is 0 Å². The highest BCUT2D eigenvalue weighted by molar-refractivity contribution is 6.19. The first-order valence-corrected chi connectivity index (χ1v) is 20.1. The van der Waals surface area contributed by atoms with Crippen molar-refractivity contribution >= 4 is 82.5 Å². The van der Waals surface area contributed by atoms with E-state index in [2.05, 4.69) is 205 Å². The standard InChI is InChI=1S/C56H35NO2/c1-2-11-40-33-41(20-19-36(40)9-1)37-21-27-44(28-22-37)57(45-29-23-38(24-30-45)42-26-32-53-51(35-42)49-15-5-6-17-52(49)58-53)46-13-7-12-43(34-46)47-16-8-18-54-55(47)50-31-25-39-10-3-4-14-48(39)56(50)59-54/h1-35H. The van der Waals surface area contributed by atoms with E-state index in [9.17, 15) is 0 Å². The molecule has 0 unspecified atom stereocenters. The van der Waals surface area contributed by atoms with Gasteiger partial charge in [0.25, 0.3) is 0 Å². The number of fused-ring (bicyclic) bond motifs is 9. The zero-order chi connectivity index (χ0) is 38.9. The minimum atomic E-state index is 0.887. The van der Waals surface area contributed by atoms with Crippen molar-refractivity contribution in [3.05, 3.63) is 212 Å². The van der Waals surface area contributed by atoms with Crippen molar-refractivity contribution in [2.45, 2.75) is 0 Å². The third-order valence-corrected chi connectivity index (χ3v) is 11.8. The van der Waals surface area contributed by atoms with Crippen molar-refractivity contribution in [3.63, 3.8) is 0 Å². The van der Waals surface area contributed by atoms with Crippen LogP contribution in [0.3, 0.4) is 0 Å². The van der Waals surface area contributed by atoms with E-state index in [-0.39, 0.29) is 0 Å². The van der Waals surface area contributed by atoms with E-state index < -0.39 is 0 Å². The van der Waals surface area contributed by atoms with Gasteiger partial charge in [-0.25, -0.2) is 0 Å². The molecule has 0 fully saturated rings. The van der Waals surface area contributed by atoms with Gasteiger partial charge >= 0.3 is 0 Å². The number of benzene rings is 10. The molecule has 3 heteroatoms. The van der Waals surface area contributed by atoms with Crippen molar-refractivity contribution in [1.82, 2.24) is 0 Å². The van der Waals surface area contributed by atoms with Crippen LogP contribution in [-0.2, 0) is 0 Å². The summed E-state index contributed by atoms with van der Waals surface area (Å²) in [6.07, 6.45) is 0. The summed E-state index contributed by atoms with van der Waals surface area (Å²) in [5, 5.41) is 9.29. The first kappa shape index (κ1) is 33.3. The number of furan rings is 2. The van der Waals surface area contributed by atoms with Crippen LogP contribution < -0.4 is 4.90 Å². The molecule has 0 N–H and O–H groups in total. The van der Waals surface area contributed by atoms with Crippen LogP contribution in [0.15, 0.2) is 221 Å². The molecule has 0 radical (unpaired) electrons. The smallest absolute Gasteiger partial charge is 0.143 e. The quantitative estimate of drug-likeness (QED) is 0.169. The molecule has 2 heterocycles. The molecule has 0 spiro atoms. The van der Waals surface area contributed by atoms with Crippen molar-refractivity contribution in [3.8, 4) is 33.4 Å². The summed E-state index contributed by atoms with van der Waals surface area (Å²) in [7, 11) is 0. The Morgan fingerprint density at radius 1 is 0.288 bits per heavy atom. The monoisotopic (exact) mass is 753 g/mol. The first-order valence-electron chi connectivity index (χ1n) is 20.1. The zero-order valence-corrected chi connectivity index (χ0v) is 32.0. The maximum atomic E-state index is 6.59. The summed E-state index contributed by atoms with van der Waals surface area (Å²) < 4.78 is 12.7. The lowest BCUT2D eigenvalue weighted by atomic mass is 9.97. The van der Waals surface area contributed by atoms with Gasteiger partial charge in [-0.15, -0.1) is 0 Å². The lowest BCUT2D eigenvalue weighted by Crippen LogP contribution is -2.10. The summed E-state index contributed by atoms with van der Waals surface area (Å²) in [5.41, 5.74) is 13.8. The molecule has 12 aromatic rings. The molecule has 12 rings (SSSR count). The minimum absolute atomic E-state index is 0.887.